The third-order valence-corrected chi connectivity index (χ3v) is 31.3. The van der Waals surface area contributed by atoms with Crippen LogP contribution >= 0.6 is 0 Å². The molecule has 0 aliphatic heterocycles. The van der Waals surface area contributed by atoms with Gasteiger partial charge in [-0.05, 0) is 122 Å². The van der Waals surface area contributed by atoms with E-state index in [2.05, 4.69) is 140 Å². The molecule has 802 valence electrons. The van der Waals surface area contributed by atoms with Crippen LogP contribution < -0.4 is 18.9 Å². The summed E-state index contributed by atoms with van der Waals surface area (Å²) in [5, 5.41) is 0. The fraction of sp³-hybridized carbons (Fsp3) is 0.836. The van der Waals surface area contributed by atoms with Crippen LogP contribution in [0.1, 0.15) is 694 Å². The lowest BCUT2D eigenvalue weighted by Gasteiger charge is -2.20. The van der Waals surface area contributed by atoms with Gasteiger partial charge in [0, 0.05) is 12.1 Å². The van der Waals surface area contributed by atoms with E-state index in [1.54, 1.807) is 0 Å². The molecular weight excluding hydrogens is 1670 g/mol. The van der Waals surface area contributed by atoms with E-state index < -0.39 is 0 Å². The molecule has 0 aliphatic carbocycles. The van der Waals surface area contributed by atoms with E-state index in [1.807, 2.05) is 0 Å². The normalized spacial score (nSPS) is 12.8. The largest absolute Gasteiger partial charge is 0.493 e. The van der Waals surface area contributed by atoms with Crippen LogP contribution in [0.4, 0.5) is 0 Å². The van der Waals surface area contributed by atoms with Crippen LogP contribution in [0.15, 0.2) is 60.7 Å². The molecule has 0 amide bonds. The highest BCUT2D eigenvalue weighted by molar-refractivity contribution is 5.74. The number of benzene rings is 3. The molecule has 0 radical (unpaired) electrons. The van der Waals surface area contributed by atoms with Crippen LogP contribution in [-0.4, -0.2) is 26.4 Å². The smallest absolute Gasteiger partial charge is 0.123 e. The molecule has 0 aliphatic rings. The minimum absolute atomic E-state index is 0.577. The second-order valence-electron chi connectivity index (χ2n) is 45.1. The summed E-state index contributed by atoms with van der Waals surface area (Å²) in [4.78, 5) is 0. The number of rotatable bonds is 112. The predicted molar refractivity (Wildman–Crippen MR) is 622 cm³/mol. The zero-order valence-electron chi connectivity index (χ0n) is 94.7. The highest BCUT2D eigenvalue weighted by Crippen LogP contribution is 2.34. The molecule has 4 atom stereocenters. The van der Waals surface area contributed by atoms with Gasteiger partial charge in [0.05, 0.1) is 26.4 Å². The van der Waals surface area contributed by atoms with E-state index >= 15 is 0 Å². The number of hydrogen-bond donors (Lipinski definition) is 0. The van der Waals surface area contributed by atoms with Crippen molar-refractivity contribution < 1.29 is 18.9 Å². The van der Waals surface area contributed by atoms with Crippen LogP contribution in [-0.2, 0) is 0 Å². The zero-order chi connectivity index (χ0) is 98.4. The van der Waals surface area contributed by atoms with Crippen molar-refractivity contribution >= 4 is 24.3 Å². The molecular formula is C134H242O4. The molecule has 0 aromatic heterocycles. The first-order valence-corrected chi connectivity index (χ1v) is 63.6. The Balaban J connectivity index is 2.04. The lowest BCUT2D eigenvalue weighted by Crippen LogP contribution is -2.14. The van der Waals surface area contributed by atoms with Crippen molar-refractivity contribution in [2.45, 2.75) is 672 Å². The highest BCUT2D eigenvalue weighted by Gasteiger charge is 2.19. The molecule has 0 bridgehead atoms. The fourth-order valence-corrected chi connectivity index (χ4v) is 21.7. The third kappa shape index (κ3) is 84.5. The number of hydrogen-bond acceptors (Lipinski definition) is 4. The van der Waals surface area contributed by atoms with Crippen LogP contribution in [0.5, 0.6) is 23.0 Å². The molecule has 3 aromatic carbocycles. The Morgan fingerprint density at radius 3 is 0.370 bits per heavy atom. The second-order valence-corrected chi connectivity index (χ2v) is 45.1. The predicted octanol–water partition coefficient (Wildman–Crippen LogP) is 47.6. The Morgan fingerprint density at radius 2 is 0.246 bits per heavy atom. The van der Waals surface area contributed by atoms with E-state index in [9.17, 15) is 0 Å². The lowest BCUT2D eigenvalue weighted by molar-refractivity contribution is 0.214. The van der Waals surface area contributed by atoms with E-state index in [1.165, 1.54) is 628 Å². The Morgan fingerprint density at radius 1 is 0.138 bits per heavy atom. The first kappa shape index (κ1) is 128. The Labute approximate surface area is 865 Å². The van der Waals surface area contributed by atoms with Gasteiger partial charge in [-0.25, -0.2) is 0 Å². The SMILES string of the molecule is CCCCCCCCCCCCCCC(CCCCCCCCCCCC)COc1cc(/C=C/c2ccc(/C=C/c3cc(OCC(CCCCCCCCCCCC)CCCCCCCCCCCCCC)cc(OCC(CCCCCCCCCCCC)CCCCCCCCCCCCCC)c3)cc2)cc(OCC(CCCCCCCCCCCC)CCCCCCCCCCCCCC)c1. The average Bonchev–Trinajstić information content (AvgIpc) is 0.857. The van der Waals surface area contributed by atoms with E-state index in [-0.39, 0.29) is 0 Å². The van der Waals surface area contributed by atoms with Gasteiger partial charge in [0.15, 0.2) is 0 Å². The van der Waals surface area contributed by atoms with Gasteiger partial charge in [-0.3, -0.25) is 0 Å². The van der Waals surface area contributed by atoms with Crippen molar-refractivity contribution in [2.24, 2.45) is 23.7 Å². The molecule has 0 saturated carbocycles. The summed E-state index contributed by atoms with van der Waals surface area (Å²) in [6.07, 6.45) is 142. The van der Waals surface area contributed by atoms with E-state index in [0.717, 1.165) is 60.6 Å². The van der Waals surface area contributed by atoms with Crippen molar-refractivity contribution in [3.05, 3.63) is 82.9 Å². The van der Waals surface area contributed by atoms with Gasteiger partial charge in [0.1, 0.15) is 23.0 Å². The molecule has 0 N–H and O–H groups in total. The summed E-state index contributed by atoms with van der Waals surface area (Å²) in [5.74, 6) is 6.21. The van der Waals surface area contributed by atoms with Crippen molar-refractivity contribution in [3.63, 3.8) is 0 Å². The molecule has 4 nitrogen and oxygen atoms in total. The van der Waals surface area contributed by atoms with Crippen molar-refractivity contribution in [2.75, 3.05) is 26.4 Å². The molecule has 0 fully saturated rings. The van der Waals surface area contributed by atoms with Gasteiger partial charge in [-0.2, -0.15) is 0 Å². The number of ether oxygens (including phenoxy) is 4. The quantitative estimate of drug-likeness (QED) is 0.0417. The van der Waals surface area contributed by atoms with Gasteiger partial charge in [-0.1, -0.05) is 669 Å². The first-order valence-electron chi connectivity index (χ1n) is 63.6. The van der Waals surface area contributed by atoms with Crippen molar-refractivity contribution in [3.8, 4) is 23.0 Å². The Bertz CT molecular complexity index is 2600. The summed E-state index contributed by atoms with van der Waals surface area (Å²) in [7, 11) is 0. The minimum atomic E-state index is 0.577. The molecule has 0 spiro atoms. The summed E-state index contributed by atoms with van der Waals surface area (Å²) in [6.45, 7) is 21.9. The van der Waals surface area contributed by atoms with Crippen molar-refractivity contribution in [1.82, 2.24) is 0 Å². The van der Waals surface area contributed by atoms with Crippen LogP contribution in [0.2, 0.25) is 0 Å². The summed E-state index contributed by atoms with van der Waals surface area (Å²) >= 11 is 0. The summed E-state index contributed by atoms with van der Waals surface area (Å²) in [5.41, 5.74) is 4.73. The van der Waals surface area contributed by atoms with E-state index in [4.69, 9.17) is 18.9 Å². The molecule has 0 heterocycles. The summed E-state index contributed by atoms with van der Waals surface area (Å²) in [6, 6.07) is 23.1. The zero-order valence-corrected chi connectivity index (χ0v) is 94.7. The Hall–Kier alpha value is -3.66. The average molecular weight is 1920 g/mol. The third-order valence-electron chi connectivity index (χ3n) is 31.3. The van der Waals surface area contributed by atoms with Gasteiger partial charge in [-0.15, -0.1) is 0 Å². The maximum Gasteiger partial charge on any atom is 0.123 e. The molecule has 0 saturated heterocycles. The van der Waals surface area contributed by atoms with Crippen LogP contribution in [0.3, 0.4) is 0 Å². The molecule has 3 rings (SSSR count). The van der Waals surface area contributed by atoms with Crippen LogP contribution in [0, 0.1) is 23.7 Å². The molecule has 4 unspecified atom stereocenters. The Kier molecular flexibility index (Phi) is 96.2. The fourth-order valence-electron chi connectivity index (χ4n) is 21.7. The minimum Gasteiger partial charge on any atom is -0.493 e. The van der Waals surface area contributed by atoms with Gasteiger partial charge >= 0.3 is 0 Å². The van der Waals surface area contributed by atoms with Crippen molar-refractivity contribution in [1.29, 1.82) is 0 Å². The van der Waals surface area contributed by atoms with E-state index in [0.29, 0.717) is 23.7 Å². The second kappa shape index (κ2) is 103. The van der Waals surface area contributed by atoms with Crippen LogP contribution in [0.25, 0.3) is 24.3 Å². The molecule has 3 aromatic rings. The summed E-state index contributed by atoms with van der Waals surface area (Å²) < 4.78 is 28.6. The lowest BCUT2D eigenvalue weighted by atomic mass is 9.94. The first-order chi connectivity index (χ1) is 68.4. The maximum atomic E-state index is 7.16. The topological polar surface area (TPSA) is 36.9 Å². The monoisotopic (exact) mass is 1920 g/mol. The molecule has 4 heteroatoms. The maximum absolute atomic E-state index is 7.16. The van der Waals surface area contributed by atoms with Gasteiger partial charge in [0.2, 0.25) is 0 Å². The standard InChI is InChI=1S/C134H242O4/c1-9-17-25-33-41-49-57-61-69-77-85-93-101-125(97-89-81-73-65-53-45-37-29-21-13-5)119-135-131-113-129(114-132(117-131)136-120-126(98-90-82-74-66-54-46-38-30-22-14-6)102-94-86-78-70-62-58-50-42-34-26-18-10-2)111-109-123-105-107-124(108-106-123)110-112-130-115-133(137-121-127(99-91-83-75-67-55-47-39-31-23-15-7)103-95-87-79-71-63-59-51-43-35-27-19-11-3)118-134(116-130)138-122-128(100-92-84-76-68-56-48-40-32-24-16-8)104-96-88-80-72-64-60-52-44-36-28-20-12-4/h105-118,125-128H,9-104,119-122H2,1-8H3/b111-109+,112-110+. The van der Waals surface area contributed by atoms with Gasteiger partial charge < -0.3 is 18.9 Å². The molecule has 138 heavy (non-hydrogen) atoms. The highest BCUT2D eigenvalue weighted by atomic mass is 16.5. The number of unbranched alkanes of at least 4 members (excludes halogenated alkanes) is 80. The van der Waals surface area contributed by atoms with Gasteiger partial charge in [0.25, 0.3) is 0 Å².